The number of rotatable bonds is 5. The molecule has 0 bridgehead atoms. The number of anilines is 1. The first-order chi connectivity index (χ1) is 10.1. The number of carbonyl (C=O) groups excluding carboxylic acids is 1. The van der Waals surface area contributed by atoms with Crippen molar-refractivity contribution in [2.75, 3.05) is 5.32 Å². The van der Waals surface area contributed by atoms with E-state index in [0.29, 0.717) is 11.4 Å². The zero-order chi connectivity index (χ0) is 15.1. The van der Waals surface area contributed by atoms with Crippen LogP contribution in [-0.2, 0) is 22.6 Å². The lowest BCUT2D eigenvalue weighted by Gasteiger charge is -2.07. The number of carboxylic acids is 1. The van der Waals surface area contributed by atoms with E-state index in [1.807, 2.05) is 30.3 Å². The van der Waals surface area contributed by atoms with Gasteiger partial charge in [-0.1, -0.05) is 30.3 Å². The number of nitrogens with one attached hydrogen (secondary N) is 1. The van der Waals surface area contributed by atoms with Crippen LogP contribution in [0, 0.1) is 0 Å². The Morgan fingerprint density at radius 3 is 2.52 bits per heavy atom. The largest absolute Gasteiger partial charge is 0.481 e. The number of aliphatic carboxylic acids is 1. The first-order valence-electron chi connectivity index (χ1n) is 6.28. The fourth-order valence-corrected chi connectivity index (χ4v) is 1.63. The highest BCUT2D eigenvalue weighted by Gasteiger charge is 2.05. The van der Waals surface area contributed by atoms with Gasteiger partial charge in [0.25, 0.3) is 0 Å². The van der Waals surface area contributed by atoms with E-state index in [4.69, 9.17) is 9.84 Å². The zero-order valence-electron chi connectivity index (χ0n) is 11.2. The van der Waals surface area contributed by atoms with Crippen LogP contribution in [0.1, 0.15) is 11.3 Å². The number of nitrogens with zero attached hydrogens (tertiary/aromatic N) is 1. The van der Waals surface area contributed by atoms with Gasteiger partial charge in [0.05, 0.1) is 24.0 Å². The molecule has 6 nitrogen and oxygen atoms in total. The molecular weight excluding hydrogens is 272 g/mol. The van der Waals surface area contributed by atoms with E-state index in [1.54, 1.807) is 12.1 Å². The third-order valence-electron chi connectivity index (χ3n) is 2.62. The molecule has 0 saturated heterocycles. The van der Waals surface area contributed by atoms with Crippen LogP contribution < -0.4 is 5.32 Å². The van der Waals surface area contributed by atoms with Gasteiger partial charge >= 0.3 is 12.1 Å². The molecule has 0 aliphatic rings. The Hall–Kier alpha value is -2.89. The quantitative estimate of drug-likeness (QED) is 0.881. The average molecular weight is 286 g/mol. The number of benzene rings is 1. The summed E-state index contributed by atoms with van der Waals surface area (Å²) in [4.78, 5) is 26.1. The van der Waals surface area contributed by atoms with Gasteiger partial charge in [0.15, 0.2) is 0 Å². The van der Waals surface area contributed by atoms with Crippen molar-refractivity contribution in [1.29, 1.82) is 0 Å². The van der Waals surface area contributed by atoms with Gasteiger partial charge in [-0.2, -0.15) is 0 Å². The topological polar surface area (TPSA) is 88.5 Å². The van der Waals surface area contributed by atoms with Crippen molar-refractivity contribution in [1.82, 2.24) is 4.98 Å². The van der Waals surface area contributed by atoms with Crippen LogP contribution >= 0.6 is 0 Å². The lowest BCUT2D eigenvalue weighted by Crippen LogP contribution is -2.14. The van der Waals surface area contributed by atoms with E-state index < -0.39 is 12.1 Å². The third kappa shape index (κ3) is 4.94. The standard InChI is InChI=1S/C15H14N2O4/c18-14(19)8-12-6-7-13(9-16-12)17-15(20)21-10-11-4-2-1-3-5-11/h1-7,9H,8,10H2,(H,17,20)(H,18,19). The number of hydrogen-bond donors (Lipinski definition) is 2. The number of carboxylic acid groups (broad SMARTS) is 1. The molecule has 1 heterocycles. The van der Waals surface area contributed by atoms with Crippen LogP contribution in [0.2, 0.25) is 0 Å². The lowest BCUT2D eigenvalue weighted by molar-refractivity contribution is -0.136. The number of ether oxygens (including phenoxy) is 1. The highest BCUT2D eigenvalue weighted by atomic mass is 16.5. The second kappa shape index (κ2) is 7.04. The Bertz CT molecular complexity index is 611. The molecule has 0 saturated carbocycles. The van der Waals surface area contributed by atoms with Gasteiger partial charge in [0, 0.05) is 0 Å². The van der Waals surface area contributed by atoms with Crippen LogP contribution in [0.25, 0.3) is 0 Å². The molecule has 6 heteroatoms. The van der Waals surface area contributed by atoms with E-state index in [-0.39, 0.29) is 13.0 Å². The Labute approximate surface area is 121 Å². The number of aromatic nitrogens is 1. The van der Waals surface area contributed by atoms with Crippen molar-refractivity contribution in [3.05, 3.63) is 59.9 Å². The van der Waals surface area contributed by atoms with Crippen molar-refractivity contribution in [3.63, 3.8) is 0 Å². The first-order valence-corrected chi connectivity index (χ1v) is 6.28. The highest BCUT2D eigenvalue weighted by Crippen LogP contribution is 2.08. The molecule has 2 aromatic rings. The van der Waals surface area contributed by atoms with Gasteiger partial charge in [-0.25, -0.2) is 4.79 Å². The van der Waals surface area contributed by atoms with Gasteiger partial charge in [-0.3, -0.25) is 15.1 Å². The van der Waals surface area contributed by atoms with Crippen LogP contribution in [0.15, 0.2) is 48.7 Å². The Morgan fingerprint density at radius 1 is 1.14 bits per heavy atom. The Kier molecular flexibility index (Phi) is 4.87. The summed E-state index contributed by atoms with van der Waals surface area (Å²) in [5.74, 6) is -0.953. The van der Waals surface area contributed by atoms with Gasteiger partial charge < -0.3 is 9.84 Å². The minimum absolute atomic E-state index is 0.154. The summed E-state index contributed by atoms with van der Waals surface area (Å²) in [6.45, 7) is 0.178. The second-order valence-corrected chi connectivity index (χ2v) is 4.30. The highest BCUT2D eigenvalue weighted by molar-refractivity contribution is 5.84. The van der Waals surface area contributed by atoms with Gasteiger partial charge in [-0.15, -0.1) is 0 Å². The van der Waals surface area contributed by atoms with Crippen LogP contribution in [0.4, 0.5) is 10.5 Å². The minimum Gasteiger partial charge on any atom is -0.481 e. The fraction of sp³-hybridized carbons (Fsp3) is 0.133. The van der Waals surface area contributed by atoms with E-state index in [0.717, 1.165) is 5.56 Å². The SMILES string of the molecule is O=C(O)Cc1ccc(NC(=O)OCc2ccccc2)cn1. The summed E-state index contributed by atoms with van der Waals surface area (Å²) in [7, 11) is 0. The third-order valence-corrected chi connectivity index (χ3v) is 2.62. The molecule has 0 unspecified atom stereocenters. The molecule has 1 aromatic heterocycles. The Balaban J connectivity index is 1.83. The molecule has 108 valence electrons. The van der Waals surface area contributed by atoms with Gasteiger partial charge in [-0.05, 0) is 17.7 Å². The van der Waals surface area contributed by atoms with E-state index >= 15 is 0 Å². The molecule has 2 N–H and O–H groups in total. The van der Waals surface area contributed by atoms with Crippen molar-refractivity contribution in [2.45, 2.75) is 13.0 Å². The van der Waals surface area contributed by atoms with Gasteiger partial charge in [0.2, 0.25) is 0 Å². The molecule has 0 spiro atoms. The van der Waals surface area contributed by atoms with E-state index in [9.17, 15) is 9.59 Å². The summed E-state index contributed by atoms with van der Waals surface area (Å²) < 4.78 is 5.05. The molecule has 0 radical (unpaired) electrons. The van der Waals surface area contributed by atoms with Crippen LogP contribution in [0.3, 0.4) is 0 Å². The molecular formula is C15H14N2O4. The smallest absolute Gasteiger partial charge is 0.412 e. The maximum atomic E-state index is 11.6. The molecule has 0 atom stereocenters. The molecule has 1 amide bonds. The molecule has 2 rings (SSSR count). The van der Waals surface area contributed by atoms with E-state index in [1.165, 1.54) is 6.20 Å². The minimum atomic E-state index is -0.953. The zero-order valence-corrected chi connectivity index (χ0v) is 11.2. The molecule has 21 heavy (non-hydrogen) atoms. The Morgan fingerprint density at radius 2 is 1.90 bits per heavy atom. The van der Waals surface area contributed by atoms with Crippen molar-refractivity contribution in [3.8, 4) is 0 Å². The number of carbonyl (C=O) groups is 2. The number of amides is 1. The molecule has 0 fully saturated rings. The number of pyridine rings is 1. The molecule has 1 aromatic carbocycles. The number of hydrogen-bond acceptors (Lipinski definition) is 4. The summed E-state index contributed by atoms with van der Waals surface area (Å²) in [5, 5.41) is 11.2. The predicted octanol–water partition coefficient (Wildman–Crippen LogP) is 2.46. The molecule has 0 aliphatic heterocycles. The summed E-state index contributed by atoms with van der Waals surface area (Å²) in [6, 6.07) is 12.4. The maximum absolute atomic E-state index is 11.6. The second-order valence-electron chi connectivity index (χ2n) is 4.30. The van der Waals surface area contributed by atoms with Crippen molar-refractivity contribution >= 4 is 17.7 Å². The van der Waals surface area contributed by atoms with Crippen molar-refractivity contribution < 1.29 is 19.4 Å². The normalized spacial score (nSPS) is 9.90. The van der Waals surface area contributed by atoms with E-state index in [2.05, 4.69) is 10.3 Å². The molecule has 0 aliphatic carbocycles. The maximum Gasteiger partial charge on any atom is 0.412 e. The van der Waals surface area contributed by atoms with Crippen LogP contribution in [0.5, 0.6) is 0 Å². The van der Waals surface area contributed by atoms with Crippen LogP contribution in [-0.4, -0.2) is 22.2 Å². The summed E-state index contributed by atoms with van der Waals surface area (Å²) in [6.07, 6.45) is 0.646. The predicted molar refractivity (Wildman–Crippen MR) is 75.8 cm³/mol. The average Bonchev–Trinajstić information content (AvgIpc) is 2.48. The fourth-order valence-electron chi connectivity index (χ4n) is 1.63. The summed E-state index contributed by atoms with van der Waals surface area (Å²) >= 11 is 0. The monoisotopic (exact) mass is 286 g/mol. The van der Waals surface area contributed by atoms with Crippen molar-refractivity contribution in [2.24, 2.45) is 0 Å². The first kappa shape index (κ1) is 14.5. The van der Waals surface area contributed by atoms with Gasteiger partial charge in [0.1, 0.15) is 6.61 Å². The lowest BCUT2D eigenvalue weighted by atomic mass is 10.2. The summed E-state index contributed by atoms with van der Waals surface area (Å²) in [5.41, 5.74) is 1.76.